The molecule has 0 aliphatic heterocycles. The molecular weight excluding hydrogens is 211 g/mol. The Morgan fingerprint density at radius 2 is 2.25 bits per heavy atom. The second-order valence-corrected chi connectivity index (χ2v) is 3.16. The smallest absolute Gasteiger partial charge is 0.298 e. The lowest BCUT2D eigenvalue weighted by Crippen LogP contribution is -2.02. The molecular formula is C10H7FN4O. The minimum Gasteiger partial charge on any atom is -0.397 e. The number of fused-ring (bicyclic) bond motifs is 1. The van der Waals surface area contributed by atoms with Crippen molar-refractivity contribution in [2.24, 2.45) is 5.11 Å². The third-order valence-electron chi connectivity index (χ3n) is 2.20. The van der Waals surface area contributed by atoms with E-state index in [9.17, 15) is 9.18 Å². The van der Waals surface area contributed by atoms with Gasteiger partial charge in [-0.25, -0.2) is 9.92 Å². The Bertz CT molecular complexity index is 597. The molecule has 2 rings (SSSR count). The van der Waals surface area contributed by atoms with E-state index in [1.54, 1.807) is 0 Å². The number of nitrogens with two attached hydrogens (primary N) is 1. The fraction of sp³-hybridized carbons (Fsp3) is 0. The van der Waals surface area contributed by atoms with Crippen LogP contribution in [-0.4, -0.2) is 10.9 Å². The summed E-state index contributed by atoms with van der Waals surface area (Å²) < 4.78 is 13.0. The summed E-state index contributed by atoms with van der Waals surface area (Å²) in [5, 5.41) is 3.09. The van der Waals surface area contributed by atoms with Crippen LogP contribution in [0.2, 0.25) is 0 Å². The van der Waals surface area contributed by atoms with Gasteiger partial charge < -0.3 is 5.73 Å². The van der Waals surface area contributed by atoms with Gasteiger partial charge in [0.1, 0.15) is 5.82 Å². The first-order valence-electron chi connectivity index (χ1n) is 4.39. The van der Waals surface area contributed by atoms with Crippen molar-refractivity contribution >= 4 is 22.5 Å². The number of nitrogens with one attached hydrogen (secondary N) is 1. The Hall–Kier alpha value is -2.37. The van der Waals surface area contributed by atoms with Gasteiger partial charge in [0.05, 0.1) is 16.8 Å². The number of nitrogen functional groups attached to an aromatic ring is 1. The normalized spacial score (nSPS) is 10.3. The first kappa shape index (κ1) is 10.2. The number of carbonyl (C=O) groups is 1. The van der Waals surface area contributed by atoms with Crippen molar-refractivity contribution in [1.29, 1.82) is 5.53 Å². The largest absolute Gasteiger partial charge is 0.397 e. The van der Waals surface area contributed by atoms with Gasteiger partial charge in [0.25, 0.3) is 5.91 Å². The molecule has 0 unspecified atom stereocenters. The maximum absolute atomic E-state index is 13.0. The third kappa shape index (κ3) is 1.50. The maximum Gasteiger partial charge on any atom is 0.298 e. The first-order valence-corrected chi connectivity index (χ1v) is 4.39. The van der Waals surface area contributed by atoms with Crippen molar-refractivity contribution in [3.8, 4) is 0 Å². The summed E-state index contributed by atoms with van der Waals surface area (Å²) in [6, 6.07) is 3.91. The summed E-state index contributed by atoms with van der Waals surface area (Å²) >= 11 is 0. The molecule has 1 aromatic carbocycles. The van der Waals surface area contributed by atoms with E-state index in [1.165, 1.54) is 24.4 Å². The number of halogens is 1. The van der Waals surface area contributed by atoms with Gasteiger partial charge in [0, 0.05) is 11.6 Å². The molecule has 0 bridgehead atoms. The number of nitrogens with zero attached hydrogens (tertiary/aromatic N) is 2. The highest BCUT2D eigenvalue weighted by molar-refractivity contribution is 6.06. The number of carbonyl (C=O) groups excluding carboxylic acids is 1. The van der Waals surface area contributed by atoms with E-state index in [-0.39, 0.29) is 11.3 Å². The number of hydrogen-bond acceptors (Lipinski definition) is 4. The molecule has 1 heterocycles. The lowest BCUT2D eigenvalue weighted by atomic mass is 10.1. The molecule has 0 atom stereocenters. The van der Waals surface area contributed by atoms with Crippen LogP contribution in [-0.2, 0) is 0 Å². The van der Waals surface area contributed by atoms with Gasteiger partial charge in [-0.15, -0.1) is 5.11 Å². The van der Waals surface area contributed by atoms with Gasteiger partial charge >= 0.3 is 0 Å². The summed E-state index contributed by atoms with van der Waals surface area (Å²) in [5.74, 6) is -1.26. The lowest BCUT2D eigenvalue weighted by molar-refractivity contribution is 0.0991. The van der Waals surface area contributed by atoms with E-state index in [0.29, 0.717) is 10.9 Å². The van der Waals surface area contributed by atoms with Crippen LogP contribution in [0.4, 0.5) is 10.1 Å². The zero-order valence-electron chi connectivity index (χ0n) is 8.07. The zero-order valence-corrected chi connectivity index (χ0v) is 8.07. The number of amides is 1. The molecule has 0 aliphatic carbocycles. The molecule has 0 aliphatic rings. The molecule has 6 heteroatoms. The summed E-state index contributed by atoms with van der Waals surface area (Å²) in [6.07, 6.45) is 1.23. The summed E-state index contributed by atoms with van der Waals surface area (Å²) in [6.45, 7) is 0. The van der Waals surface area contributed by atoms with Crippen molar-refractivity contribution in [3.63, 3.8) is 0 Å². The molecule has 1 aromatic heterocycles. The fourth-order valence-corrected chi connectivity index (χ4v) is 1.42. The Balaban J connectivity index is 2.77. The van der Waals surface area contributed by atoms with Crippen molar-refractivity contribution in [2.45, 2.75) is 0 Å². The van der Waals surface area contributed by atoms with Gasteiger partial charge in [-0.05, 0) is 18.2 Å². The molecule has 1 amide bonds. The number of aromatic nitrogens is 1. The van der Waals surface area contributed by atoms with E-state index in [0.717, 1.165) is 0 Å². The third-order valence-corrected chi connectivity index (χ3v) is 2.20. The lowest BCUT2D eigenvalue weighted by Gasteiger charge is -2.04. The van der Waals surface area contributed by atoms with Crippen LogP contribution < -0.4 is 5.73 Å². The second kappa shape index (κ2) is 3.65. The molecule has 0 saturated carbocycles. The van der Waals surface area contributed by atoms with Gasteiger partial charge in [-0.1, -0.05) is 0 Å². The zero-order chi connectivity index (χ0) is 11.7. The van der Waals surface area contributed by atoms with Crippen molar-refractivity contribution in [1.82, 2.24) is 4.98 Å². The Morgan fingerprint density at radius 1 is 1.50 bits per heavy atom. The topological polar surface area (TPSA) is 92.2 Å². The second-order valence-electron chi connectivity index (χ2n) is 3.16. The molecule has 5 nitrogen and oxygen atoms in total. The maximum atomic E-state index is 13.0. The molecule has 80 valence electrons. The highest BCUT2D eigenvalue weighted by atomic mass is 19.1. The van der Waals surface area contributed by atoms with Crippen LogP contribution in [0.15, 0.2) is 29.5 Å². The number of pyridine rings is 1. The molecule has 0 saturated heterocycles. The molecule has 3 N–H and O–H groups in total. The quantitative estimate of drug-likeness (QED) is 0.718. The van der Waals surface area contributed by atoms with Crippen molar-refractivity contribution < 1.29 is 9.18 Å². The van der Waals surface area contributed by atoms with Crippen LogP contribution in [0, 0.1) is 11.3 Å². The van der Waals surface area contributed by atoms with Gasteiger partial charge in [-0.2, -0.15) is 0 Å². The molecule has 0 spiro atoms. The Kier molecular flexibility index (Phi) is 2.32. The van der Waals surface area contributed by atoms with Crippen LogP contribution in [0.1, 0.15) is 10.4 Å². The monoisotopic (exact) mass is 218 g/mol. The fourth-order valence-electron chi connectivity index (χ4n) is 1.42. The van der Waals surface area contributed by atoms with E-state index in [1.807, 2.05) is 0 Å². The average Bonchev–Trinajstić information content (AvgIpc) is 2.29. The Labute approximate surface area is 89.6 Å². The number of hydrogen-bond donors (Lipinski definition) is 2. The van der Waals surface area contributed by atoms with Crippen molar-refractivity contribution in [2.75, 3.05) is 5.73 Å². The van der Waals surface area contributed by atoms with E-state index in [4.69, 9.17) is 11.3 Å². The SMILES string of the molecule is N=NC(=O)c1cnc2ccc(F)cc2c1N. The predicted molar refractivity (Wildman–Crippen MR) is 55.6 cm³/mol. The summed E-state index contributed by atoms with van der Waals surface area (Å²) in [5.41, 5.74) is 12.9. The van der Waals surface area contributed by atoms with E-state index in [2.05, 4.69) is 10.1 Å². The predicted octanol–water partition coefficient (Wildman–Crippen LogP) is 2.13. The van der Waals surface area contributed by atoms with Crippen molar-refractivity contribution in [3.05, 3.63) is 35.8 Å². The van der Waals surface area contributed by atoms with E-state index >= 15 is 0 Å². The summed E-state index contributed by atoms with van der Waals surface area (Å²) in [7, 11) is 0. The number of anilines is 1. The highest BCUT2D eigenvalue weighted by Crippen LogP contribution is 2.24. The average molecular weight is 218 g/mol. The molecule has 0 radical (unpaired) electrons. The van der Waals surface area contributed by atoms with Gasteiger partial charge in [-0.3, -0.25) is 9.78 Å². The van der Waals surface area contributed by atoms with Crippen LogP contribution in [0.25, 0.3) is 10.9 Å². The highest BCUT2D eigenvalue weighted by Gasteiger charge is 2.12. The van der Waals surface area contributed by atoms with Gasteiger partial charge in [0.15, 0.2) is 0 Å². The van der Waals surface area contributed by atoms with Gasteiger partial charge in [0.2, 0.25) is 0 Å². The molecule has 0 fully saturated rings. The molecule has 16 heavy (non-hydrogen) atoms. The number of benzene rings is 1. The Morgan fingerprint density at radius 3 is 2.94 bits per heavy atom. The molecule has 2 aromatic rings. The minimum atomic E-state index is -0.795. The van der Waals surface area contributed by atoms with Crippen LogP contribution in [0.3, 0.4) is 0 Å². The number of rotatable bonds is 1. The van der Waals surface area contributed by atoms with Crippen LogP contribution >= 0.6 is 0 Å². The van der Waals surface area contributed by atoms with E-state index < -0.39 is 11.7 Å². The summed E-state index contributed by atoms with van der Waals surface area (Å²) in [4.78, 5) is 15.1. The first-order chi connectivity index (χ1) is 7.63. The standard InChI is InChI=1S/C10H7FN4O/c11-5-1-2-8-6(3-5)9(12)7(4-14-8)10(16)15-13/h1-4,13H,(H2,12,14). The minimum absolute atomic E-state index is 0.00750. The van der Waals surface area contributed by atoms with Crippen LogP contribution in [0.5, 0.6) is 0 Å².